The third-order valence-corrected chi connectivity index (χ3v) is 3.00. The molecule has 0 spiro atoms. The number of nitrogens with zero attached hydrogens (tertiary/aromatic N) is 2. The van der Waals surface area contributed by atoms with E-state index >= 15 is 0 Å². The van der Waals surface area contributed by atoms with Gasteiger partial charge in [-0.15, -0.1) is 0 Å². The lowest BCUT2D eigenvalue weighted by Crippen LogP contribution is -2.46. The molecule has 2 aliphatic heterocycles. The van der Waals surface area contributed by atoms with E-state index in [4.69, 9.17) is 0 Å². The average molecular weight is 168 g/mol. The van der Waals surface area contributed by atoms with Crippen LogP contribution in [0.5, 0.6) is 0 Å². The van der Waals surface area contributed by atoms with Gasteiger partial charge in [-0.3, -0.25) is 4.90 Å². The molecule has 3 nitrogen and oxygen atoms in total. The van der Waals surface area contributed by atoms with Crippen molar-refractivity contribution in [2.24, 2.45) is 0 Å². The monoisotopic (exact) mass is 168 g/mol. The Labute approximate surface area is 73.3 Å². The highest BCUT2D eigenvalue weighted by atomic mass is 16.1. The van der Waals surface area contributed by atoms with Crippen LogP contribution in [0.2, 0.25) is 0 Å². The average Bonchev–Trinajstić information content (AvgIpc) is 2.48. The molecule has 2 heterocycles. The minimum absolute atomic E-state index is 0.705. The third kappa shape index (κ3) is 1.52. The molecule has 68 valence electrons. The van der Waals surface area contributed by atoms with Crippen molar-refractivity contribution in [1.29, 1.82) is 0 Å². The lowest BCUT2D eigenvalue weighted by atomic mass is 10.2. The Hall–Kier alpha value is -0.410. The number of hydrogen-bond acceptors (Lipinski definition) is 3. The quantitative estimate of drug-likeness (QED) is 0.553. The van der Waals surface area contributed by atoms with Gasteiger partial charge in [0.25, 0.3) is 0 Å². The van der Waals surface area contributed by atoms with Crippen LogP contribution in [0.25, 0.3) is 0 Å². The summed E-state index contributed by atoms with van der Waals surface area (Å²) in [5.41, 5.74) is 0. The molecule has 2 saturated heterocycles. The van der Waals surface area contributed by atoms with E-state index in [0.29, 0.717) is 6.42 Å². The van der Waals surface area contributed by atoms with Gasteiger partial charge in [0.15, 0.2) is 0 Å². The van der Waals surface area contributed by atoms with Crippen LogP contribution in [-0.4, -0.2) is 54.9 Å². The number of piperazine rings is 1. The molecule has 2 unspecified atom stereocenters. The van der Waals surface area contributed by atoms with Gasteiger partial charge in [-0.05, 0) is 13.0 Å². The molecule has 2 aliphatic rings. The number of rotatable bonds is 3. The number of carbonyl (C=O) groups excluding carboxylic acids is 1. The molecule has 2 atom stereocenters. The summed E-state index contributed by atoms with van der Waals surface area (Å²) in [7, 11) is 0. The van der Waals surface area contributed by atoms with Gasteiger partial charge in [-0.2, -0.15) is 0 Å². The first kappa shape index (κ1) is 8.20. The first-order valence-corrected chi connectivity index (χ1v) is 4.80. The molecule has 0 aromatic heterocycles. The van der Waals surface area contributed by atoms with Crippen LogP contribution in [-0.2, 0) is 4.79 Å². The molecular weight excluding hydrogens is 152 g/mol. The molecule has 12 heavy (non-hydrogen) atoms. The minimum atomic E-state index is 0.705. The van der Waals surface area contributed by atoms with Gasteiger partial charge < -0.3 is 9.69 Å². The molecule has 0 aromatic carbocycles. The fourth-order valence-corrected chi connectivity index (χ4v) is 2.28. The Morgan fingerprint density at radius 1 is 1.33 bits per heavy atom. The third-order valence-electron chi connectivity index (χ3n) is 3.00. The van der Waals surface area contributed by atoms with Crippen molar-refractivity contribution in [2.75, 3.05) is 32.7 Å². The van der Waals surface area contributed by atoms with E-state index in [0.717, 1.165) is 18.9 Å². The molecule has 2 fully saturated rings. The zero-order valence-corrected chi connectivity index (χ0v) is 7.41. The number of hydrogen-bond donors (Lipinski definition) is 0. The Bertz CT molecular complexity index is 172. The van der Waals surface area contributed by atoms with Gasteiger partial charge >= 0.3 is 0 Å². The van der Waals surface area contributed by atoms with Crippen molar-refractivity contribution in [2.45, 2.75) is 18.9 Å². The summed E-state index contributed by atoms with van der Waals surface area (Å²) >= 11 is 0. The normalized spacial score (nSPS) is 35.3. The second kappa shape index (κ2) is 3.54. The molecule has 2 rings (SSSR count). The van der Waals surface area contributed by atoms with Crippen molar-refractivity contribution in [3.8, 4) is 0 Å². The Balaban J connectivity index is 1.85. The highest BCUT2D eigenvalue weighted by Gasteiger charge is 2.31. The zero-order valence-electron chi connectivity index (χ0n) is 7.41. The van der Waals surface area contributed by atoms with Crippen LogP contribution >= 0.6 is 0 Å². The maximum atomic E-state index is 10.2. The Morgan fingerprint density at radius 3 is 3.08 bits per heavy atom. The topological polar surface area (TPSA) is 23.6 Å². The molecule has 3 heteroatoms. The second-order valence-corrected chi connectivity index (χ2v) is 3.73. The molecule has 0 amide bonds. The lowest BCUT2D eigenvalue weighted by Gasteiger charge is -2.33. The lowest BCUT2D eigenvalue weighted by molar-refractivity contribution is -0.108. The molecule has 0 radical (unpaired) electrons. The van der Waals surface area contributed by atoms with Crippen LogP contribution in [0.15, 0.2) is 0 Å². The van der Waals surface area contributed by atoms with Gasteiger partial charge in [0.1, 0.15) is 6.29 Å². The highest BCUT2D eigenvalue weighted by Crippen LogP contribution is 2.19. The fraction of sp³-hybridized carbons (Fsp3) is 0.889. The first-order chi connectivity index (χ1) is 5.90. The van der Waals surface area contributed by atoms with Crippen LogP contribution in [0.4, 0.5) is 0 Å². The van der Waals surface area contributed by atoms with E-state index < -0.39 is 0 Å². The summed E-state index contributed by atoms with van der Waals surface area (Å²) in [5, 5.41) is 0. The number of fused-ring (bicyclic) bond motifs is 2. The maximum Gasteiger partial charge on any atom is 0.121 e. The zero-order chi connectivity index (χ0) is 8.39. The van der Waals surface area contributed by atoms with E-state index in [2.05, 4.69) is 9.80 Å². The molecular formula is C9H16N2O. The van der Waals surface area contributed by atoms with E-state index in [-0.39, 0.29) is 0 Å². The minimum Gasteiger partial charge on any atom is -0.303 e. The highest BCUT2D eigenvalue weighted by molar-refractivity contribution is 5.49. The van der Waals surface area contributed by atoms with Crippen LogP contribution < -0.4 is 0 Å². The Kier molecular flexibility index (Phi) is 2.42. The van der Waals surface area contributed by atoms with E-state index in [9.17, 15) is 4.79 Å². The van der Waals surface area contributed by atoms with Gasteiger partial charge in [0.2, 0.25) is 0 Å². The number of aldehydes is 1. The predicted molar refractivity (Wildman–Crippen MR) is 47.1 cm³/mol. The van der Waals surface area contributed by atoms with Crippen molar-refractivity contribution >= 4 is 6.29 Å². The summed E-state index contributed by atoms with van der Waals surface area (Å²) in [6.07, 6.45) is 3.04. The maximum absolute atomic E-state index is 10.2. The SMILES string of the molecule is O=CCCN1CCN2CCC1C2. The van der Waals surface area contributed by atoms with Gasteiger partial charge in [-0.25, -0.2) is 0 Å². The summed E-state index contributed by atoms with van der Waals surface area (Å²) in [5.74, 6) is 0. The van der Waals surface area contributed by atoms with Crippen molar-refractivity contribution in [3.05, 3.63) is 0 Å². The van der Waals surface area contributed by atoms with Crippen molar-refractivity contribution in [1.82, 2.24) is 9.80 Å². The summed E-state index contributed by atoms with van der Waals surface area (Å²) in [6, 6.07) is 0.749. The fourth-order valence-electron chi connectivity index (χ4n) is 2.28. The number of carbonyl (C=O) groups is 1. The standard InChI is InChI=1S/C9H16N2O/c12-7-1-3-11-6-5-10-4-2-9(11)8-10/h7,9H,1-6,8H2. The van der Waals surface area contributed by atoms with Gasteiger partial charge in [-0.1, -0.05) is 0 Å². The van der Waals surface area contributed by atoms with Crippen molar-refractivity contribution < 1.29 is 4.79 Å². The first-order valence-electron chi connectivity index (χ1n) is 4.80. The van der Waals surface area contributed by atoms with E-state index in [1.54, 1.807) is 0 Å². The Morgan fingerprint density at radius 2 is 2.25 bits per heavy atom. The molecule has 0 aromatic rings. The summed E-state index contributed by atoms with van der Waals surface area (Å²) in [4.78, 5) is 15.2. The van der Waals surface area contributed by atoms with Crippen molar-refractivity contribution in [3.63, 3.8) is 0 Å². The van der Waals surface area contributed by atoms with E-state index in [1.807, 2.05) is 0 Å². The van der Waals surface area contributed by atoms with Crippen LogP contribution in [0.3, 0.4) is 0 Å². The van der Waals surface area contributed by atoms with Crippen LogP contribution in [0, 0.1) is 0 Å². The van der Waals surface area contributed by atoms with Gasteiger partial charge in [0, 0.05) is 38.6 Å². The molecule has 0 aliphatic carbocycles. The molecule has 0 N–H and O–H groups in total. The van der Waals surface area contributed by atoms with Crippen LogP contribution in [0.1, 0.15) is 12.8 Å². The smallest absolute Gasteiger partial charge is 0.121 e. The van der Waals surface area contributed by atoms with E-state index in [1.165, 1.54) is 32.6 Å². The predicted octanol–water partition coefficient (Wildman–Crippen LogP) is -0.0347. The second-order valence-electron chi connectivity index (χ2n) is 3.73. The summed E-state index contributed by atoms with van der Waals surface area (Å²) < 4.78 is 0. The largest absolute Gasteiger partial charge is 0.303 e. The molecule has 2 bridgehead atoms. The van der Waals surface area contributed by atoms with Gasteiger partial charge in [0.05, 0.1) is 0 Å². The molecule has 0 saturated carbocycles. The summed E-state index contributed by atoms with van der Waals surface area (Å²) in [6.45, 7) is 5.84.